The summed E-state index contributed by atoms with van der Waals surface area (Å²) in [6.07, 6.45) is 0.0167. The number of hydrogen-bond acceptors (Lipinski definition) is 3. The van der Waals surface area contributed by atoms with E-state index in [4.69, 9.17) is 4.74 Å². The second kappa shape index (κ2) is 5.83. The first-order valence-corrected chi connectivity index (χ1v) is 7.56. The lowest BCUT2D eigenvalue weighted by Crippen LogP contribution is -2.52. The Hall–Kier alpha value is -2.11. The molecule has 1 aliphatic heterocycles. The standard InChI is InChI=1S/C17H22FNO4/c1-16(2,3)23-15(22)19-13(8-9-17(19,4)14(20)21)11-6-5-7-12(18)10-11/h5-7,10,13H,8-9H2,1-4H3,(H,20,21)/t13?,17-/m0/s1. The number of halogens is 1. The zero-order valence-electron chi connectivity index (χ0n) is 13.8. The highest BCUT2D eigenvalue weighted by Gasteiger charge is 2.52. The van der Waals surface area contributed by atoms with Crippen LogP contribution in [-0.4, -0.2) is 33.2 Å². The lowest BCUT2D eigenvalue weighted by molar-refractivity contribution is -0.149. The van der Waals surface area contributed by atoms with Crippen LogP contribution in [-0.2, 0) is 9.53 Å². The van der Waals surface area contributed by atoms with Crippen LogP contribution in [0.2, 0.25) is 0 Å². The normalized spacial score (nSPS) is 24.6. The van der Waals surface area contributed by atoms with E-state index in [2.05, 4.69) is 0 Å². The van der Waals surface area contributed by atoms with Crippen LogP contribution in [0, 0.1) is 5.82 Å². The third-order valence-corrected chi connectivity index (χ3v) is 4.03. The van der Waals surface area contributed by atoms with Crippen molar-refractivity contribution < 1.29 is 23.8 Å². The van der Waals surface area contributed by atoms with E-state index in [1.54, 1.807) is 32.9 Å². The van der Waals surface area contributed by atoms with Gasteiger partial charge in [-0.2, -0.15) is 0 Å². The second-order valence-corrected chi connectivity index (χ2v) is 7.04. The number of likely N-dealkylation sites (tertiary alicyclic amines) is 1. The molecule has 0 aliphatic carbocycles. The van der Waals surface area contributed by atoms with Crippen molar-refractivity contribution in [1.29, 1.82) is 0 Å². The monoisotopic (exact) mass is 323 g/mol. The van der Waals surface area contributed by atoms with Crippen molar-refractivity contribution in [3.05, 3.63) is 35.6 Å². The molecule has 0 bridgehead atoms. The van der Waals surface area contributed by atoms with Crippen molar-refractivity contribution in [2.24, 2.45) is 0 Å². The van der Waals surface area contributed by atoms with Gasteiger partial charge in [-0.3, -0.25) is 4.90 Å². The molecule has 1 aromatic rings. The Morgan fingerprint density at radius 3 is 2.57 bits per heavy atom. The van der Waals surface area contributed by atoms with E-state index in [0.29, 0.717) is 12.0 Å². The summed E-state index contributed by atoms with van der Waals surface area (Å²) in [4.78, 5) is 25.6. The molecule has 0 radical (unpaired) electrons. The molecule has 1 saturated heterocycles. The molecule has 6 heteroatoms. The van der Waals surface area contributed by atoms with Gasteiger partial charge in [0.25, 0.3) is 0 Å². The van der Waals surface area contributed by atoms with Gasteiger partial charge < -0.3 is 9.84 Å². The predicted molar refractivity (Wildman–Crippen MR) is 82.5 cm³/mol. The largest absolute Gasteiger partial charge is 0.480 e. The van der Waals surface area contributed by atoms with Crippen molar-refractivity contribution in [3.63, 3.8) is 0 Å². The van der Waals surface area contributed by atoms with Crippen LogP contribution >= 0.6 is 0 Å². The highest BCUT2D eigenvalue weighted by Crippen LogP contribution is 2.43. The van der Waals surface area contributed by atoms with E-state index < -0.39 is 35.1 Å². The van der Waals surface area contributed by atoms with Gasteiger partial charge in [0.2, 0.25) is 0 Å². The van der Waals surface area contributed by atoms with Crippen molar-refractivity contribution in [1.82, 2.24) is 4.90 Å². The van der Waals surface area contributed by atoms with Crippen molar-refractivity contribution >= 4 is 12.1 Å². The summed E-state index contributed by atoms with van der Waals surface area (Å²) >= 11 is 0. The third kappa shape index (κ3) is 3.46. The summed E-state index contributed by atoms with van der Waals surface area (Å²) in [6.45, 7) is 6.65. The molecule has 1 unspecified atom stereocenters. The van der Waals surface area contributed by atoms with E-state index in [-0.39, 0.29) is 6.42 Å². The molecule has 5 nitrogen and oxygen atoms in total. The fraction of sp³-hybridized carbons (Fsp3) is 0.529. The highest BCUT2D eigenvalue weighted by molar-refractivity contribution is 5.85. The molecule has 2 atom stereocenters. The number of carbonyl (C=O) groups is 2. The summed E-state index contributed by atoms with van der Waals surface area (Å²) in [5.74, 6) is -1.52. The lowest BCUT2D eigenvalue weighted by atomic mass is 10.00. The van der Waals surface area contributed by atoms with E-state index in [9.17, 15) is 19.1 Å². The minimum absolute atomic E-state index is 0.281. The maximum Gasteiger partial charge on any atom is 0.411 e. The average molecular weight is 323 g/mol. The molecule has 0 spiro atoms. The van der Waals surface area contributed by atoms with Gasteiger partial charge in [-0.1, -0.05) is 12.1 Å². The van der Waals surface area contributed by atoms with Gasteiger partial charge >= 0.3 is 12.1 Å². The van der Waals surface area contributed by atoms with E-state index >= 15 is 0 Å². The van der Waals surface area contributed by atoms with E-state index in [0.717, 1.165) is 0 Å². The van der Waals surface area contributed by atoms with Gasteiger partial charge in [0.05, 0.1) is 6.04 Å². The number of rotatable bonds is 2. The Morgan fingerprint density at radius 2 is 2.04 bits per heavy atom. The van der Waals surface area contributed by atoms with Crippen LogP contribution in [0.4, 0.5) is 9.18 Å². The van der Waals surface area contributed by atoms with Gasteiger partial charge in [-0.15, -0.1) is 0 Å². The first-order chi connectivity index (χ1) is 10.5. The zero-order chi connectivity index (χ0) is 17.4. The topological polar surface area (TPSA) is 66.8 Å². The van der Waals surface area contributed by atoms with Gasteiger partial charge in [0.1, 0.15) is 17.0 Å². The Morgan fingerprint density at radius 1 is 1.39 bits per heavy atom. The molecular formula is C17H22FNO4. The third-order valence-electron chi connectivity index (χ3n) is 4.03. The number of carboxylic acids is 1. The molecule has 0 aromatic heterocycles. The van der Waals surface area contributed by atoms with Gasteiger partial charge in [-0.05, 0) is 58.2 Å². The van der Waals surface area contributed by atoms with Crippen LogP contribution in [0.25, 0.3) is 0 Å². The molecule has 1 amide bonds. The second-order valence-electron chi connectivity index (χ2n) is 7.04. The average Bonchev–Trinajstić information content (AvgIpc) is 2.76. The first kappa shape index (κ1) is 17.2. The Labute approximate surface area is 135 Å². The number of amides is 1. The van der Waals surface area contributed by atoms with Crippen molar-refractivity contribution in [2.45, 2.75) is 57.7 Å². The Bertz CT molecular complexity index is 625. The Balaban J connectivity index is 2.42. The van der Waals surface area contributed by atoms with Crippen LogP contribution < -0.4 is 0 Å². The summed E-state index contributed by atoms with van der Waals surface area (Å²) in [5, 5.41) is 9.59. The minimum atomic E-state index is -1.38. The van der Waals surface area contributed by atoms with Crippen LogP contribution in [0.15, 0.2) is 24.3 Å². The fourth-order valence-electron chi connectivity index (χ4n) is 2.89. The maximum atomic E-state index is 13.5. The highest BCUT2D eigenvalue weighted by atomic mass is 19.1. The lowest BCUT2D eigenvalue weighted by Gasteiger charge is -2.36. The fourth-order valence-corrected chi connectivity index (χ4v) is 2.89. The van der Waals surface area contributed by atoms with Gasteiger partial charge in [0.15, 0.2) is 0 Å². The number of hydrogen-bond donors (Lipinski definition) is 1. The number of aliphatic carboxylic acids is 1. The summed E-state index contributed by atoms with van der Waals surface area (Å²) in [7, 11) is 0. The zero-order valence-corrected chi connectivity index (χ0v) is 13.8. The predicted octanol–water partition coefficient (Wildman–Crippen LogP) is 3.74. The molecule has 1 aliphatic rings. The molecule has 1 heterocycles. The molecular weight excluding hydrogens is 301 g/mol. The summed E-state index contributed by atoms with van der Waals surface area (Å²) in [5.41, 5.74) is -1.55. The number of ether oxygens (including phenoxy) is 1. The van der Waals surface area contributed by atoms with Crippen LogP contribution in [0.3, 0.4) is 0 Å². The summed E-state index contributed by atoms with van der Waals surface area (Å²) in [6, 6.07) is 5.36. The van der Waals surface area contributed by atoms with Crippen molar-refractivity contribution in [2.75, 3.05) is 0 Å². The molecule has 1 N–H and O–H groups in total. The number of carbonyl (C=O) groups excluding carboxylic acids is 1. The molecule has 1 fully saturated rings. The molecule has 23 heavy (non-hydrogen) atoms. The van der Waals surface area contributed by atoms with Crippen LogP contribution in [0.1, 0.15) is 52.1 Å². The van der Waals surface area contributed by atoms with Crippen molar-refractivity contribution in [3.8, 4) is 0 Å². The first-order valence-electron chi connectivity index (χ1n) is 7.56. The van der Waals surface area contributed by atoms with E-state index in [1.165, 1.54) is 24.0 Å². The quantitative estimate of drug-likeness (QED) is 0.900. The number of nitrogens with zero attached hydrogens (tertiary/aromatic N) is 1. The SMILES string of the molecule is CC(C)(C)OC(=O)N1C(c2cccc(F)c2)CC[C@@]1(C)C(=O)O. The molecule has 126 valence electrons. The van der Waals surface area contributed by atoms with Gasteiger partial charge in [-0.25, -0.2) is 14.0 Å². The molecule has 1 aromatic carbocycles. The minimum Gasteiger partial charge on any atom is -0.480 e. The smallest absolute Gasteiger partial charge is 0.411 e. The van der Waals surface area contributed by atoms with Gasteiger partial charge in [0, 0.05) is 0 Å². The number of carboxylic acid groups (broad SMARTS) is 1. The molecule has 2 rings (SSSR count). The Kier molecular flexibility index (Phi) is 4.37. The van der Waals surface area contributed by atoms with E-state index in [1.807, 2.05) is 0 Å². The maximum absolute atomic E-state index is 13.5. The number of benzene rings is 1. The molecule has 0 saturated carbocycles. The van der Waals surface area contributed by atoms with Crippen LogP contribution in [0.5, 0.6) is 0 Å². The summed E-state index contributed by atoms with van der Waals surface area (Å²) < 4.78 is 18.9.